The van der Waals surface area contributed by atoms with Crippen LogP contribution in [0.2, 0.25) is 10.0 Å². The Morgan fingerprint density at radius 1 is 0.933 bits per heavy atom. The maximum atomic E-state index is 11.2. The van der Waals surface area contributed by atoms with E-state index in [4.69, 9.17) is 23.2 Å². The van der Waals surface area contributed by atoms with Gasteiger partial charge in [0, 0.05) is 28.0 Å². The lowest BCUT2D eigenvalue weighted by atomic mass is 9.97. The Morgan fingerprint density at radius 3 is 1.97 bits per heavy atom. The molecule has 1 saturated heterocycles. The number of nitrogens with zero attached hydrogens (tertiary/aromatic N) is 2. The number of carboxylic acid groups (broad SMARTS) is 1. The van der Waals surface area contributed by atoms with Crippen LogP contribution >= 0.6 is 35.6 Å². The van der Waals surface area contributed by atoms with Gasteiger partial charge in [-0.1, -0.05) is 35.3 Å². The van der Waals surface area contributed by atoms with E-state index >= 15 is 0 Å². The highest BCUT2D eigenvalue weighted by atomic mass is 35.5. The molecular formula is C23H27Cl3N2O2. The number of aliphatic carboxylic acids is 1. The molecule has 0 aromatic heterocycles. The number of benzene rings is 2. The van der Waals surface area contributed by atoms with Crippen LogP contribution in [0.15, 0.2) is 36.4 Å². The van der Waals surface area contributed by atoms with Crippen LogP contribution in [0.5, 0.6) is 0 Å². The van der Waals surface area contributed by atoms with Crippen LogP contribution in [0.4, 0.5) is 11.4 Å². The first-order valence-electron chi connectivity index (χ1n) is 10.3. The van der Waals surface area contributed by atoms with E-state index in [1.807, 2.05) is 12.1 Å². The first-order valence-corrected chi connectivity index (χ1v) is 11.1. The van der Waals surface area contributed by atoms with Crippen molar-refractivity contribution in [2.45, 2.75) is 32.1 Å². The Kier molecular flexibility index (Phi) is 7.92. The monoisotopic (exact) mass is 468 g/mol. The molecule has 2 aliphatic heterocycles. The average Bonchev–Trinajstić information content (AvgIpc) is 2.85. The van der Waals surface area contributed by atoms with Crippen molar-refractivity contribution in [1.82, 2.24) is 4.90 Å². The molecule has 2 aliphatic rings. The summed E-state index contributed by atoms with van der Waals surface area (Å²) in [5, 5.41) is 10.7. The van der Waals surface area contributed by atoms with Crippen LogP contribution in [0.3, 0.4) is 0 Å². The van der Waals surface area contributed by atoms with E-state index in [1.165, 1.54) is 22.5 Å². The molecule has 0 bridgehead atoms. The van der Waals surface area contributed by atoms with Gasteiger partial charge in [0.15, 0.2) is 0 Å². The van der Waals surface area contributed by atoms with Crippen molar-refractivity contribution in [2.75, 3.05) is 31.1 Å². The topological polar surface area (TPSA) is 43.8 Å². The molecule has 4 rings (SSSR count). The van der Waals surface area contributed by atoms with E-state index in [0.29, 0.717) is 0 Å². The standard InChI is InChI=1S/C23H26Cl2N2O2.ClH/c24-19-6-4-16-2-3-17-5-7-20(25)15-22(17)27(21(16)14-19)11-1-10-26-12-8-18(9-13-26)23(28)29;/h4-7,14-15,18H,1-3,8-13H2,(H,28,29);1H. The van der Waals surface area contributed by atoms with Gasteiger partial charge in [-0.3, -0.25) is 4.79 Å². The number of halogens is 3. The van der Waals surface area contributed by atoms with Gasteiger partial charge in [0.2, 0.25) is 0 Å². The van der Waals surface area contributed by atoms with Crippen LogP contribution in [-0.4, -0.2) is 42.2 Å². The molecule has 0 atom stereocenters. The number of rotatable bonds is 5. The van der Waals surface area contributed by atoms with Crippen molar-refractivity contribution in [3.8, 4) is 0 Å². The van der Waals surface area contributed by atoms with E-state index in [1.54, 1.807) is 0 Å². The van der Waals surface area contributed by atoms with Crippen molar-refractivity contribution >= 4 is 53.0 Å². The highest BCUT2D eigenvalue weighted by Gasteiger charge is 2.25. The summed E-state index contributed by atoms with van der Waals surface area (Å²) in [6.45, 7) is 3.57. The zero-order chi connectivity index (χ0) is 20.4. The maximum Gasteiger partial charge on any atom is 0.306 e. The zero-order valence-corrected chi connectivity index (χ0v) is 19.1. The van der Waals surface area contributed by atoms with Gasteiger partial charge in [-0.2, -0.15) is 0 Å². The summed E-state index contributed by atoms with van der Waals surface area (Å²) in [5.74, 6) is -0.837. The highest BCUT2D eigenvalue weighted by molar-refractivity contribution is 6.31. The van der Waals surface area contributed by atoms with Crippen molar-refractivity contribution in [3.05, 3.63) is 57.6 Å². The lowest BCUT2D eigenvalue weighted by molar-refractivity contribution is -0.143. The first-order chi connectivity index (χ1) is 14.0. The van der Waals surface area contributed by atoms with E-state index in [2.05, 4.69) is 34.1 Å². The summed E-state index contributed by atoms with van der Waals surface area (Å²) < 4.78 is 0. The van der Waals surface area contributed by atoms with Gasteiger partial charge < -0.3 is 14.9 Å². The smallest absolute Gasteiger partial charge is 0.306 e. The fourth-order valence-corrected chi connectivity index (χ4v) is 4.83. The fraction of sp³-hybridized carbons (Fsp3) is 0.435. The molecule has 7 heteroatoms. The summed E-state index contributed by atoms with van der Waals surface area (Å²) in [6.07, 6.45) is 4.46. The minimum absolute atomic E-state index is 0. The van der Waals surface area contributed by atoms with Gasteiger partial charge in [0.25, 0.3) is 0 Å². The number of carboxylic acids is 1. The zero-order valence-electron chi connectivity index (χ0n) is 16.8. The van der Waals surface area contributed by atoms with Crippen LogP contribution < -0.4 is 4.90 Å². The molecule has 0 spiro atoms. The molecule has 162 valence electrons. The second kappa shape index (κ2) is 10.2. The van der Waals surface area contributed by atoms with Gasteiger partial charge in [-0.05, 0) is 87.1 Å². The SMILES string of the molecule is Cl.O=C(O)C1CCN(CCCN2c3cc(Cl)ccc3CCc3ccc(Cl)cc32)CC1. The van der Waals surface area contributed by atoms with Crippen LogP contribution in [-0.2, 0) is 17.6 Å². The Labute approximate surface area is 194 Å². The second-order valence-corrected chi connectivity index (χ2v) is 8.88. The second-order valence-electron chi connectivity index (χ2n) is 8.01. The van der Waals surface area contributed by atoms with Gasteiger partial charge in [0.05, 0.1) is 5.92 Å². The third kappa shape index (κ3) is 5.23. The fourth-order valence-electron chi connectivity index (χ4n) is 4.50. The number of carbonyl (C=O) groups is 1. The van der Waals surface area contributed by atoms with Gasteiger partial charge in [-0.25, -0.2) is 0 Å². The Balaban J connectivity index is 0.00000256. The summed E-state index contributed by atoms with van der Waals surface area (Å²) in [7, 11) is 0. The number of fused-ring (bicyclic) bond motifs is 2. The molecule has 0 amide bonds. The van der Waals surface area contributed by atoms with Crippen molar-refractivity contribution in [1.29, 1.82) is 0 Å². The normalized spacial score (nSPS) is 16.9. The van der Waals surface area contributed by atoms with Crippen LogP contribution in [0.1, 0.15) is 30.4 Å². The largest absolute Gasteiger partial charge is 0.481 e. The summed E-state index contributed by atoms with van der Waals surface area (Å²) in [5.41, 5.74) is 4.96. The van der Waals surface area contributed by atoms with Gasteiger partial charge >= 0.3 is 5.97 Å². The third-order valence-corrected chi connectivity index (χ3v) is 6.60. The Hall–Kier alpha value is -1.46. The number of anilines is 2. The van der Waals surface area contributed by atoms with Crippen LogP contribution in [0, 0.1) is 5.92 Å². The predicted octanol–water partition coefficient (Wildman–Crippen LogP) is 5.84. The molecule has 1 N–H and O–H groups in total. The van der Waals surface area contributed by atoms with E-state index < -0.39 is 5.97 Å². The minimum Gasteiger partial charge on any atom is -0.481 e. The summed E-state index contributed by atoms with van der Waals surface area (Å²) >= 11 is 12.7. The number of hydrogen-bond donors (Lipinski definition) is 1. The predicted molar refractivity (Wildman–Crippen MR) is 126 cm³/mol. The van der Waals surface area contributed by atoms with Crippen LogP contribution in [0.25, 0.3) is 0 Å². The molecular weight excluding hydrogens is 443 g/mol. The molecule has 30 heavy (non-hydrogen) atoms. The third-order valence-electron chi connectivity index (χ3n) is 6.13. The highest BCUT2D eigenvalue weighted by Crippen LogP contribution is 2.38. The number of aryl methyl sites for hydroxylation is 2. The van der Waals surface area contributed by atoms with E-state index in [0.717, 1.165) is 68.3 Å². The minimum atomic E-state index is -0.656. The number of hydrogen-bond acceptors (Lipinski definition) is 3. The molecule has 0 aliphatic carbocycles. The molecule has 0 unspecified atom stereocenters. The summed E-state index contributed by atoms with van der Waals surface area (Å²) in [4.78, 5) is 15.9. The van der Waals surface area contributed by atoms with Gasteiger partial charge in [0.1, 0.15) is 0 Å². The summed E-state index contributed by atoms with van der Waals surface area (Å²) in [6, 6.07) is 12.3. The molecule has 0 radical (unpaired) electrons. The number of piperidine rings is 1. The van der Waals surface area contributed by atoms with E-state index in [9.17, 15) is 9.90 Å². The molecule has 2 heterocycles. The van der Waals surface area contributed by atoms with Crippen molar-refractivity contribution < 1.29 is 9.90 Å². The molecule has 2 aromatic rings. The van der Waals surface area contributed by atoms with Crippen molar-refractivity contribution in [2.24, 2.45) is 5.92 Å². The number of likely N-dealkylation sites (tertiary alicyclic amines) is 1. The Morgan fingerprint density at radius 2 is 1.47 bits per heavy atom. The molecule has 2 aromatic carbocycles. The quantitative estimate of drug-likeness (QED) is 0.597. The average molecular weight is 470 g/mol. The maximum absolute atomic E-state index is 11.2. The molecule has 0 saturated carbocycles. The van der Waals surface area contributed by atoms with E-state index in [-0.39, 0.29) is 18.3 Å². The Bertz CT molecular complexity index is 845. The van der Waals surface area contributed by atoms with Crippen molar-refractivity contribution in [3.63, 3.8) is 0 Å². The van der Waals surface area contributed by atoms with Gasteiger partial charge in [-0.15, -0.1) is 12.4 Å². The molecule has 4 nitrogen and oxygen atoms in total. The first kappa shape index (κ1) is 23.2. The molecule has 1 fully saturated rings. The lowest BCUT2D eigenvalue weighted by Gasteiger charge is -2.32. The lowest BCUT2D eigenvalue weighted by Crippen LogP contribution is -2.37.